The van der Waals surface area contributed by atoms with Crippen LogP contribution in [-0.2, 0) is 16.1 Å². The maximum absolute atomic E-state index is 15.2. The first-order chi connectivity index (χ1) is 30.6. The Morgan fingerprint density at radius 1 is 0.825 bits per heavy atom. The van der Waals surface area contributed by atoms with Gasteiger partial charge in [0.05, 0.1) is 23.1 Å². The summed E-state index contributed by atoms with van der Waals surface area (Å²) in [6, 6.07) is 10.3. The highest BCUT2D eigenvalue weighted by atomic mass is 19.1. The minimum absolute atomic E-state index is 0.0663. The summed E-state index contributed by atoms with van der Waals surface area (Å²) in [6.45, 7) is 8.92. The van der Waals surface area contributed by atoms with Gasteiger partial charge >= 0.3 is 0 Å². The number of benzene rings is 2. The summed E-state index contributed by atoms with van der Waals surface area (Å²) in [5.41, 5.74) is 4.74. The van der Waals surface area contributed by atoms with E-state index < -0.39 is 23.7 Å². The van der Waals surface area contributed by atoms with Crippen molar-refractivity contribution >= 4 is 52.2 Å². The summed E-state index contributed by atoms with van der Waals surface area (Å²) in [7, 11) is 0. The molecule has 5 saturated heterocycles. The van der Waals surface area contributed by atoms with Crippen LogP contribution in [0.3, 0.4) is 0 Å². The van der Waals surface area contributed by atoms with Crippen molar-refractivity contribution in [2.24, 2.45) is 5.92 Å². The average Bonchev–Trinajstić information content (AvgIpc) is 3.85. The van der Waals surface area contributed by atoms with Crippen LogP contribution in [0.15, 0.2) is 55.0 Å². The predicted molar refractivity (Wildman–Crippen MR) is 233 cm³/mol. The monoisotopic (exact) mass is 859 g/mol. The molecule has 17 heteroatoms. The third kappa shape index (κ3) is 8.35. The molecule has 1 atom stereocenters. The van der Waals surface area contributed by atoms with Crippen LogP contribution in [-0.4, -0.2) is 136 Å². The van der Waals surface area contributed by atoms with E-state index in [1.165, 1.54) is 31.6 Å². The molecular weight excluding hydrogens is 806 g/mol. The molecule has 330 valence electrons. The first-order valence-electron chi connectivity index (χ1n) is 22.6. The van der Waals surface area contributed by atoms with Gasteiger partial charge < -0.3 is 35.1 Å². The molecule has 16 nitrogen and oxygen atoms in total. The van der Waals surface area contributed by atoms with E-state index in [-0.39, 0.29) is 42.2 Å². The molecule has 10 rings (SSSR count). The molecule has 63 heavy (non-hydrogen) atoms. The van der Waals surface area contributed by atoms with E-state index in [2.05, 4.69) is 45.6 Å². The first-order valence-corrected chi connectivity index (χ1v) is 22.6. The Morgan fingerprint density at radius 3 is 2.32 bits per heavy atom. The van der Waals surface area contributed by atoms with Gasteiger partial charge in [-0.2, -0.15) is 5.10 Å². The quantitative estimate of drug-likeness (QED) is 0.199. The summed E-state index contributed by atoms with van der Waals surface area (Å²) in [5.74, 6) is -2.00. The largest absolute Gasteiger partial charge is 0.371 e. The highest BCUT2D eigenvalue weighted by molar-refractivity contribution is 6.10. The molecule has 8 heterocycles. The molecule has 6 aliphatic heterocycles. The molecule has 1 unspecified atom stereocenters. The minimum Gasteiger partial charge on any atom is -0.371 e. The lowest BCUT2D eigenvalue weighted by molar-refractivity contribution is -0.134. The molecule has 6 aliphatic rings. The number of fused-ring (bicyclic) bond motifs is 2. The third-order valence-electron chi connectivity index (χ3n) is 14.3. The van der Waals surface area contributed by atoms with Crippen molar-refractivity contribution in [2.45, 2.75) is 82.5 Å². The summed E-state index contributed by atoms with van der Waals surface area (Å²) < 4.78 is 16.8. The third-order valence-corrected chi connectivity index (χ3v) is 14.3. The zero-order valence-corrected chi connectivity index (χ0v) is 35.4. The van der Waals surface area contributed by atoms with Gasteiger partial charge in [-0.05, 0) is 112 Å². The zero-order valence-electron chi connectivity index (χ0n) is 35.4. The van der Waals surface area contributed by atoms with Gasteiger partial charge in [0.1, 0.15) is 17.4 Å². The zero-order chi connectivity index (χ0) is 43.2. The molecule has 5 amide bonds. The summed E-state index contributed by atoms with van der Waals surface area (Å²) >= 11 is 0. The Labute approximate surface area is 365 Å². The van der Waals surface area contributed by atoms with E-state index in [0.29, 0.717) is 35.4 Å². The molecule has 0 radical (unpaired) electrons. The maximum atomic E-state index is 15.2. The molecule has 0 bridgehead atoms. The fraction of sp³-hybridized carbons (Fsp3) is 0.500. The molecule has 2 aromatic heterocycles. The maximum Gasteiger partial charge on any atom is 0.261 e. The predicted octanol–water partition coefficient (Wildman–Crippen LogP) is 3.67. The number of nitrogens with one attached hydrogen (secondary N) is 3. The topological polar surface area (TPSA) is 168 Å². The van der Waals surface area contributed by atoms with Crippen LogP contribution in [0.25, 0.3) is 5.65 Å². The molecule has 0 spiro atoms. The fourth-order valence-corrected chi connectivity index (χ4v) is 10.5. The second kappa shape index (κ2) is 17.3. The van der Waals surface area contributed by atoms with E-state index in [1.54, 1.807) is 35.2 Å². The number of carbonyl (C=O) groups is 5. The normalized spacial score (nSPS) is 22.0. The highest BCUT2D eigenvalue weighted by Crippen LogP contribution is 2.39. The van der Waals surface area contributed by atoms with Gasteiger partial charge in [0, 0.05) is 94.5 Å². The van der Waals surface area contributed by atoms with Crippen LogP contribution in [0, 0.1) is 11.7 Å². The van der Waals surface area contributed by atoms with Crippen molar-refractivity contribution in [3.05, 3.63) is 83.1 Å². The van der Waals surface area contributed by atoms with Gasteiger partial charge in [-0.25, -0.2) is 13.9 Å². The standard InChI is InChI=1S/C46H54FN11O5/c47-37-24-33(3-4-34(37)43(60)50-38-5-6-41(59)52-45(38)62)55-19-7-29(8-20-55)27-53-17-9-32(10-18-53)57-28-30-23-39(51-44(61)36-26-49-58-16-1-13-48-42(36)58)40(25-35(30)46(57)63)56-21-11-31(12-22-56)54-14-2-15-54/h1,3-4,13,16,23-26,29,31-32,38H,2,5-12,14-15,17-22,27-28H2,(H,50,60)(H,51,61)(H,52,59,62). The van der Waals surface area contributed by atoms with Crippen LogP contribution < -0.4 is 25.8 Å². The number of hydrogen-bond donors (Lipinski definition) is 3. The molecule has 0 saturated carbocycles. The lowest BCUT2D eigenvalue weighted by Gasteiger charge is -2.43. The Balaban J connectivity index is 0.741. The molecular formula is C46H54FN11O5. The van der Waals surface area contributed by atoms with E-state index in [9.17, 15) is 24.0 Å². The Kier molecular flexibility index (Phi) is 11.3. The first kappa shape index (κ1) is 41.1. The van der Waals surface area contributed by atoms with Gasteiger partial charge in [0.25, 0.3) is 17.7 Å². The SMILES string of the molecule is O=C1CCC(NC(=O)c2ccc(N3CCC(CN4CCC(N5Cc6cc(NC(=O)c7cnn8cccnc78)c(N7CCC(N8CCC8)CC7)cc6C5=O)CC4)CC3)cc2F)C(=O)N1. The number of likely N-dealkylation sites (tertiary alicyclic amines) is 2. The lowest BCUT2D eigenvalue weighted by atomic mass is 9.94. The Morgan fingerprint density at radius 2 is 1.59 bits per heavy atom. The molecule has 4 aromatic rings. The minimum atomic E-state index is -0.870. The number of rotatable bonds is 10. The number of piperidine rings is 4. The number of nitrogens with zero attached hydrogens (tertiary/aromatic N) is 8. The smallest absolute Gasteiger partial charge is 0.261 e. The number of carbonyl (C=O) groups excluding carboxylic acids is 5. The van der Waals surface area contributed by atoms with Crippen molar-refractivity contribution < 1.29 is 28.4 Å². The van der Waals surface area contributed by atoms with Gasteiger partial charge in [0.15, 0.2) is 5.65 Å². The van der Waals surface area contributed by atoms with Crippen LogP contribution in [0.1, 0.15) is 94.4 Å². The van der Waals surface area contributed by atoms with E-state index >= 15 is 4.39 Å². The molecule has 0 aliphatic carbocycles. The van der Waals surface area contributed by atoms with E-state index in [4.69, 9.17) is 0 Å². The number of anilines is 3. The van der Waals surface area contributed by atoms with Crippen molar-refractivity contribution in [3.63, 3.8) is 0 Å². The van der Waals surface area contributed by atoms with Gasteiger partial charge in [-0.3, -0.25) is 29.3 Å². The Bertz CT molecular complexity index is 2430. The second-order valence-corrected chi connectivity index (χ2v) is 18.1. The number of halogens is 1. The van der Waals surface area contributed by atoms with Crippen LogP contribution in [0.5, 0.6) is 0 Å². The lowest BCUT2D eigenvalue weighted by Crippen LogP contribution is -2.52. The number of hydrogen-bond acceptors (Lipinski definition) is 11. The van der Waals surface area contributed by atoms with Crippen LogP contribution in [0.2, 0.25) is 0 Å². The highest BCUT2D eigenvalue weighted by Gasteiger charge is 2.38. The van der Waals surface area contributed by atoms with Gasteiger partial charge in [-0.15, -0.1) is 0 Å². The van der Waals surface area contributed by atoms with Crippen molar-refractivity contribution in [1.82, 2.24) is 39.9 Å². The summed E-state index contributed by atoms with van der Waals surface area (Å²) in [4.78, 5) is 80.3. The van der Waals surface area contributed by atoms with Crippen LogP contribution in [0.4, 0.5) is 21.5 Å². The number of amides is 5. The van der Waals surface area contributed by atoms with Crippen molar-refractivity contribution in [3.8, 4) is 0 Å². The van der Waals surface area contributed by atoms with Gasteiger partial charge in [0.2, 0.25) is 11.8 Å². The summed E-state index contributed by atoms with van der Waals surface area (Å²) in [5, 5.41) is 12.3. The Hall–Kier alpha value is -5.94. The molecule has 3 N–H and O–H groups in total. The molecule has 2 aromatic carbocycles. The van der Waals surface area contributed by atoms with E-state index in [1.807, 2.05) is 17.0 Å². The summed E-state index contributed by atoms with van der Waals surface area (Å²) in [6.07, 6.45) is 12.3. The van der Waals surface area contributed by atoms with Crippen molar-refractivity contribution in [2.75, 3.05) is 74.0 Å². The average molecular weight is 860 g/mol. The van der Waals surface area contributed by atoms with E-state index in [0.717, 1.165) is 107 Å². The van der Waals surface area contributed by atoms with Crippen LogP contribution >= 0.6 is 0 Å². The van der Waals surface area contributed by atoms with Crippen molar-refractivity contribution in [1.29, 1.82) is 0 Å². The molecule has 5 fully saturated rings. The fourth-order valence-electron chi connectivity index (χ4n) is 10.5. The number of imide groups is 1. The number of aromatic nitrogens is 3. The van der Waals surface area contributed by atoms with Gasteiger partial charge in [-0.1, -0.05) is 0 Å². The second-order valence-electron chi connectivity index (χ2n) is 18.1.